The topological polar surface area (TPSA) is 81.8 Å². The number of thiophene rings is 1. The Morgan fingerprint density at radius 3 is 2.68 bits per heavy atom. The summed E-state index contributed by atoms with van der Waals surface area (Å²) in [5, 5.41) is 1.86. The lowest BCUT2D eigenvalue weighted by atomic mass is 9.97. The Hall–Kier alpha value is -2.87. The van der Waals surface area contributed by atoms with Crippen LogP contribution >= 0.6 is 11.3 Å². The van der Waals surface area contributed by atoms with Crippen molar-refractivity contribution in [2.24, 2.45) is 5.92 Å². The van der Waals surface area contributed by atoms with Gasteiger partial charge in [-0.2, -0.15) is 0 Å². The number of amides is 3. The minimum Gasteiger partial charge on any atom is -0.378 e. The van der Waals surface area contributed by atoms with E-state index in [4.69, 9.17) is 0 Å². The Labute approximate surface area is 168 Å². The van der Waals surface area contributed by atoms with Crippen molar-refractivity contribution < 1.29 is 14.4 Å². The molecule has 1 aromatic heterocycles. The van der Waals surface area contributed by atoms with Crippen LogP contribution in [0.3, 0.4) is 0 Å². The van der Waals surface area contributed by atoms with E-state index in [2.05, 4.69) is 10.9 Å². The van der Waals surface area contributed by atoms with Gasteiger partial charge in [0.1, 0.15) is 0 Å². The molecule has 3 amide bonds. The third kappa shape index (κ3) is 4.69. The first-order valence-corrected chi connectivity index (χ1v) is 10.0. The van der Waals surface area contributed by atoms with Gasteiger partial charge in [-0.05, 0) is 42.5 Å². The highest BCUT2D eigenvalue weighted by Crippen LogP contribution is 2.20. The normalized spacial score (nSPS) is 16.4. The highest BCUT2D eigenvalue weighted by molar-refractivity contribution is 7.12. The molecule has 1 atom stereocenters. The highest BCUT2D eigenvalue weighted by atomic mass is 32.1. The van der Waals surface area contributed by atoms with Crippen molar-refractivity contribution in [1.29, 1.82) is 0 Å². The molecular formula is C20H24N4O3S. The molecule has 148 valence electrons. The van der Waals surface area contributed by atoms with Crippen LogP contribution in [0, 0.1) is 5.92 Å². The summed E-state index contributed by atoms with van der Waals surface area (Å²) in [6, 6.07) is 10.8. The number of anilines is 1. The van der Waals surface area contributed by atoms with Crippen LogP contribution in [0.2, 0.25) is 0 Å². The molecule has 1 fully saturated rings. The second-order valence-electron chi connectivity index (χ2n) is 6.96. The standard InChI is InChI=1S/C20H24N4O3S/c1-23(2)16-8-3-6-14(12-16)18(25)21-22-19(26)15-7-4-10-24(13-15)20(27)17-9-5-11-28-17/h3,5-6,8-9,11-12,15H,4,7,10,13H2,1-2H3,(H,21,25)(H,22,26)/t15-/m0/s1. The van der Waals surface area contributed by atoms with E-state index >= 15 is 0 Å². The molecule has 0 unspecified atom stereocenters. The minimum absolute atomic E-state index is 0.0444. The second kappa shape index (κ2) is 8.88. The average Bonchev–Trinajstić information content (AvgIpc) is 3.26. The average molecular weight is 401 g/mol. The molecule has 2 N–H and O–H groups in total. The largest absolute Gasteiger partial charge is 0.378 e. The summed E-state index contributed by atoms with van der Waals surface area (Å²) in [6.07, 6.45) is 1.44. The van der Waals surface area contributed by atoms with Gasteiger partial charge >= 0.3 is 0 Å². The Balaban J connectivity index is 1.55. The second-order valence-corrected chi connectivity index (χ2v) is 7.90. The fourth-order valence-electron chi connectivity index (χ4n) is 3.15. The van der Waals surface area contributed by atoms with E-state index < -0.39 is 0 Å². The van der Waals surface area contributed by atoms with Crippen molar-refractivity contribution in [3.05, 3.63) is 52.2 Å². The fourth-order valence-corrected chi connectivity index (χ4v) is 3.84. The number of piperidine rings is 1. The van der Waals surface area contributed by atoms with Crippen molar-refractivity contribution in [3.63, 3.8) is 0 Å². The quantitative estimate of drug-likeness (QED) is 0.771. The number of hydrogen-bond acceptors (Lipinski definition) is 5. The van der Waals surface area contributed by atoms with Crippen LogP contribution in [0.1, 0.15) is 32.9 Å². The van der Waals surface area contributed by atoms with Gasteiger partial charge in [-0.3, -0.25) is 25.2 Å². The molecule has 2 heterocycles. The summed E-state index contributed by atoms with van der Waals surface area (Å²) in [7, 11) is 3.79. The summed E-state index contributed by atoms with van der Waals surface area (Å²) in [5.41, 5.74) is 6.34. The van der Waals surface area contributed by atoms with Gasteiger partial charge in [0.25, 0.3) is 11.8 Å². The number of hydrazine groups is 1. The fraction of sp³-hybridized carbons (Fsp3) is 0.350. The zero-order chi connectivity index (χ0) is 20.1. The van der Waals surface area contributed by atoms with Crippen LogP contribution in [0.15, 0.2) is 41.8 Å². The van der Waals surface area contributed by atoms with Gasteiger partial charge in [-0.1, -0.05) is 12.1 Å². The van der Waals surface area contributed by atoms with E-state index in [0.29, 0.717) is 30.0 Å². The van der Waals surface area contributed by atoms with Crippen molar-refractivity contribution >= 4 is 34.7 Å². The van der Waals surface area contributed by atoms with Crippen LogP contribution in [0.5, 0.6) is 0 Å². The van der Waals surface area contributed by atoms with Gasteiger partial charge in [0.15, 0.2) is 0 Å². The molecule has 0 aliphatic carbocycles. The predicted molar refractivity (Wildman–Crippen MR) is 109 cm³/mol. The van der Waals surface area contributed by atoms with Gasteiger partial charge in [-0.25, -0.2) is 0 Å². The number of benzene rings is 1. The molecule has 0 bridgehead atoms. The maximum atomic E-state index is 12.5. The SMILES string of the molecule is CN(C)c1cccc(C(=O)NNC(=O)[C@H]2CCCN(C(=O)c3cccs3)C2)c1. The summed E-state index contributed by atoms with van der Waals surface area (Å²) in [4.78, 5) is 41.6. The van der Waals surface area contributed by atoms with E-state index in [1.165, 1.54) is 11.3 Å². The van der Waals surface area contributed by atoms with E-state index in [1.54, 1.807) is 29.2 Å². The Morgan fingerprint density at radius 2 is 1.96 bits per heavy atom. The monoisotopic (exact) mass is 400 g/mol. The molecule has 1 saturated heterocycles. The molecule has 1 aliphatic heterocycles. The molecule has 2 aromatic rings. The lowest BCUT2D eigenvalue weighted by molar-refractivity contribution is -0.127. The Bertz CT molecular complexity index is 851. The Morgan fingerprint density at radius 1 is 1.14 bits per heavy atom. The van der Waals surface area contributed by atoms with Gasteiger partial charge in [-0.15, -0.1) is 11.3 Å². The van der Waals surface area contributed by atoms with Crippen molar-refractivity contribution in [2.75, 3.05) is 32.1 Å². The third-order valence-electron chi connectivity index (χ3n) is 4.74. The number of likely N-dealkylation sites (tertiary alicyclic amines) is 1. The van der Waals surface area contributed by atoms with Crippen molar-refractivity contribution in [1.82, 2.24) is 15.8 Å². The number of nitrogens with zero attached hydrogens (tertiary/aromatic N) is 2. The molecule has 0 spiro atoms. The van der Waals surface area contributed by atoms with Gasteiger partial charge in [0.2, 0.25) is 5.91 Å². The van der Waals surface area contributed by atoms with Gasteiger partial charge in [0, 0.05) is 38.4 Å². The summed E-state index contributed by atoms with van der Waals surface area (Å²) in [6.45, 7) is 0.999. The number of hydrogen-bond donors (Lipinski definition) is 2. The van der Waals surface area contributed by atoms with E-state index in [-0.39, 0.29) is 23.6 Å². The zero-order valence-corrected chi connectivity index (χ0v) is 16.8. The van der Waals surface area contributed by atoms with Crippen LogP contribution in [-0.4, -0.2) is 49.8 Å². The first kappa shape index (κ1) is 19.9. The molecule has 1 aromatic carbocycles. The number of carbonyl (C=O) groups is 3. The van der Waals surface area contributed by atoms with Gasteiger partial charge < -0.3 is 9.80 Å². The van der Waals surface area contributed by atoms with Crippen LogP contribution < -0.4 is 15.8 Å². The van der Waals surface area contributed by atoms with E-state index in [0.717, 1.165) is 12.1 Å². The van der Waals surface area contributed by atoms with Crippen LogP contribution in [-0.2, 0) is 4.79 Å². The first-order chi connectivity index (χ1) is 13.5. The molecule has 0 radical (unpaired) electrons. The lowest BCUT2D eigenvalue weighted by Gasteiger charge is -2.31. The first-order valence-electron chi connectivity index (χ1n) is 9.16. The summed E-state index contributed by atoms with van der Waals surface area (Å²) in [5.74, 6) is -1.04. The zero-order valence-electron chi connectivity index (χ0n) is 16.0. The number of rotatable bonds is 4. The number of nitrogens with one attached hydrogen (secondary N) is 2. The van der Waals surface area contributed by atoms with Crippen molar-refractivity contribution in [2.45, 2.75) is 12.8 Å². The predicted octanol–water partition coefficient (Wildman–Crippen LogP) is 2.13. The smallest absolute Gasteiger partial charge is 0.269 e. The minimum atomic E-state index is -0.376. The maximum Gasteiger partial charge on any atom is 0.269 e. The molecule has 7 nitrogen and oxygen atoms in total. The Kier molecular flexibility index (Phi) is 6.30. The molecule has 0 saturated carbocycles. The molecule has 3 rings (SSSR count). The molecule has 8 heteroatoms. The van der Waals surface area contributed by atoms with Crippen molar-refractivity contribution in [3.8, 4) is 0 Å². The van der Waals surface area contributed by atoms with Gasteiger partial charge in [0.05, 0.1) is 10.8 Å². The van der Waals surface area contributed by atoms with E-state index in [9.17, 15) is 14.4 Å². The molecule has 1 aliphatic rings. The molecular weight excluding hydrogens is 376 g/mol. The van der Waals surface area contributed by atoms with Crippen LogP contribution in [0.25, 0.3) is 0 Å². The summed E-state index contributed by atoms with van der Waals surface area (Å²) < 4.78 is 0. The van der Waals surface area contributed by atoms with Crippen LogP contribution in [0.4, 0.5) is 5.69 Å². The third-order valence-corrected chi connectivity index (χ3v) is 5.59. The highest BCUT2D eigenvalue weighted by Gasteiger charge is 2.29. The molecule has 28 heavy (non-hydrogen) atoms. The lowest BCUT2D eigenvalue weighted by Crippen LogP contribution is -2.50. The summed E-state index contributed by atoms with van der Waals surface area (Å²) >= 11 is 1.40. The number of carbonyl (C=O) groups excluding carboxylic acids is 3. The van der Waals surface area contributed by atoms with E-state index in [1.807, 2.05) is 36.5 Å². The maximum absolute atomic E-state index is 12.5.